The number of hydrogen-bond acceptors (Lipinski definition) is 4. The molecule has 1 aliphatic heterocycles. The van der Waals surface area contributed by atoms with E-state index in [-0.39, 0.29) is 24.4 Å². The second-order valence-corrected chi connectivity index (χ2v) is 5.27. The normalized spacial score (nSPS) is 19.4. The number of esters is 1. The summed E-state index contributed by atoms with van der Waals surface area (Å²) in [6.07, 6.45) is 2.27. The molecule has 1 heterocycles. The third kappa shape index (κ3) is 5.34. The molecule has 0 radical (unpaired) electrons. The first-order valence-corrected chi connectivity index (χ1v) is 7.53. The van der Waals surface area contributed by atoms with Crippen molar-refractivity contribution in [1.82, 2.24) is 15.5 Å². The molecule has 0 spiro atoms. The van der Waals surface area contributed by atoms with Gasteiger partial charge in [0.15, 0.2) is 5.11 Å². The minimum Gasteiger partial charge on any atom is -0.463 e. The van der Waals surface area contributed by atoms with Crippen molar-refractivity contribution in [3.63, 3.8) is 0 Å². The Morgan fingerprint density at radius 3 is 3.05 bits per heavy atom. The third-order valence-electron chi connectivity index (χ3n) is 3.26. The van der Waals surface area contributed by atoms with Crippen LogP contribution in [0.5, 0.6) is 0 Å². The molecule has 1 amide bonds. The van der Waals surface area contributed by atoms with Crippen molar-refractivity contribution in [3.8, 4) is 0 Å². The summed E-state index contributed by atoms with van der Waals surface area (Å²) in [7, 11) is 0. The van der Waals surface area contributed by atoms with Gasteiger partial charge in [0.2, 0.25) is 5.91 Å². The fourth-order valence-corrected chi connectivity index (χ4v) is 2.24. The zero-order chi connectivity index (χ0) is 15.8. The number of carbonyl (C=O) groups excluding carboxylic acids is 2. The molecular formula is C14H23N3O3S. The molecule has 0 aromatic carbocycles. The van der Waals surface area contributed by atoms with E-state index in [0.717, 1.165) is 6.42 Å². The van der Waals surface area contributed by atoms with Crippen molar-refractivity contribution in [2.75, 3.05) is 19.6 Å². The van der Waals surface area contributed by atoms with Crippen LogP contribution in [0.25, 0.3) is 0 Å². The highest BCUT2D eigenvalue weighted by molar-refractivity contribution is 7.80. The Morgan fingerprint density at radius 2 is 2.43 bits per heavy atom. The molecule has 21 heavy (non-hydrogen) atoms. The highest BCUT2D eigenvalue weighted by atomic mass is 32.1. The predicted octanol–water partition coefficient (Wildman–Crippen LogP) is 0.579. The zero-order valence-corrected chi connectivity index (χ0v) is 13.4. The van der Waals surface area contributed by atoms with E-state index in [2.05, 4.69) is 17.2 Å². The number of piperazine rings is 1. The molecule has 0 bridgehead atoms. The van der Waals surface area contributed by atoms with Gasteiger partial charge in [-0.1, -0.05) is 13.0 Å². The van der Waals surface area contributed by atoms with E-state index in [1.165, 1.54) is 0 Å². The fourth-order valence-electron chi connectivity index (χ4n) is 1.94. The molecule has 0 aromatic rings. The lowest BCUT2D eigenvalue weighted by molar-refractivity contribution is -0.151. The summed E-state index contributed by atoms with van der Waals surface area (Å²) in [6, 6.07) is -0.625. The van der Waals surface area contributed by atoms with Gasteiger partial charge in [-0.05, 0) is 25.6 Å². The number of rotatable bonds is 6. The van der Waals surface area contributed by atoms with Gasteiger partial charge in [-0.3, -0.25) is 9.59 Å². The van der Waals surface area contributed by atoms with Gasteiger partial charge in [0, 0.05) is 19.6 Å². The van der Waals surface area contributed by atoms with E-state index >= 15 is 0 Å². The molecule has 0 aromatic heterocycles. The Balaban J connectivity index is 2.68. The Hall–Kier alpha value is -1.63. The van der Waals surface area contributed by atoms with Gasteiger partial charge in [-0.25, -0.2) is 0 Å². The van der Waals surface area contributed by atoms with Crippen LogP contribution in [-0.4, -0.2) is 53.7 Å². The molecule has 0 aliphatic carbocycles. The summed E-state index contributed by atoms with van der Waals surface area (Å²) in [5.74, 6) is -0.590. The molecule has 118 valence electrons. The molecule has 6 nitrogen and oxygen atoms in total. The second kappa shape index (κ2) is 8.61. The standard InChI is InChI=1S/C14H23N3O3S/c1-4-6-16-14(21)17-8-7-15-13(19)11(17)9-12(18)20-10(3)5-2/h4,10-11H,1,5-9H2,2-3H3,(H,15,19)(H,16,21). The second-order valence-electron chi connectivity index (χ2n) is 4.89. The van der Waals surface area contributed by atoms with Crippen molar-refractivity contribution in [1.29, 1.82) is 0 Å². The van der Waals surface area contributed by atoms with Crippen molar-refractivity contribution in [2.24, 2.45) is 0 Å². The monoisotopic (exact) mass is 313 g/mol. The highest BCUT2D eigenvalue weighted by Crippen LogP contribution is 2.11. The van der Waals surface area contributed by atoms with Crippen molar-refractivity contribution in [3.05, 3.63) is 12.7 Å². The summed E-state index contributed by atoms with van der Waals surface area (Å²) < 4.78 is 5.23. The first-order chi connectivity index (χ1) is 9.99. The van der Waals surface area contributed by atoms with E-state index in [1.54, 1.807) is 11.0 Å². The van der Waals surface area contributed by atoms with Crippen LogP contribution in [0.1, 0.15) is 26.7 Å². The first-order valence-electron chi connectivity index (χ1n) is 7.12. The van der Waals surface area contributed by atoms with Crippen LogP contribution >= 0.6 is 12.2 Å². The summed E-state index contributed by atoms with van der Waals surface area (Å²) in [6.45, 7) is 8.96. The van der Waals surface area contributed by atoms with Gasteiger partial charge in [0.1, 0.15) is 6.04 Å². The number of nitrogens with zero attached hydrogens (tertiary/aromatic N) is 1. The SMILES string of the molecule is C=CCNC(=S)N1CCNC(=O)C1CC(=O)OC(C)CC. The van der Waals surface area contributed by atoms with Gasteiger partial charge >= 0.3 is 5.97 Å². The molecule has 7 heteroatoms. The smallest absolute Gasteiger partial charge is 0.308 e. The highest BCUT2D eigenvalue weighted by Gasteiger charge is 2.33. The van der Waals surface area contributed by atoms with Crippen LogP contribution in [0.2, 0.25) is 0 Å². The Bertz CT molecular complexity index is 414. The minimum atomic E-state index is -0.625. The predicted molar refractivity (Wildman–Crippen MR) is 84.8 cm³/mol. The molecule has 1 saturated heterocycles. The maximum atomic E-state index is 12.0. The molecule has 2 unspecified atom stereocenters. The molecule has 1 fully saturated rings. The number of carbonyl (C=O) groups is 2. The van der Waals surface area contributed by atoms with Gasteiger partial charge in [-0.15, -0.1) is 6.58 Å². The number of thiocarbonyl (C=S) groups is 1. The van der Waals surface area contributed by atoms with E-state index in [1.807, 2.05) is 13.8 Å². The number of hydrogen-bond donors (Lipinski definition) is 2. The van der Waals surface area contributed by atoms with E-state index in [4.69, 9.17) is 17.0 Å². The average molecular weight is 313 g/mol. The van der Waals surface area contributed by atoms with Crippen LogP contribution in [0.15, 0.2) is 12.7 Å². The van der Waals surface area contributed by atoms with Gasteiger partial charge in [-0.2, -0.15) is 0 Å². The number of ether oxygens (including phenoxy) is 1. The van der Waals surface area contributed by atoms with E-state index in [9.17, 15) is 9.59 Å². The number of nitrogens with one attached hydrogen (secondary N) is 2. The summed E-state index contributed by atoms with van der Waals surface area (Å²) in [4.78, 5) is 25.6. The Kier molecular flexibility index (Phi) is 7.14. The number of amides is 1. The average Bonchev–Trinajstić information content (AvgIpc) is 2.46. The van der Waals surface area contributed by atoms with Gasteiger partial charge < -0.3 is 20.3 Å². The molecule has 2 N–H and O–H groups in total. The maximum absolute atomic E-state index is 12.0. The van der Waals surface area contributed by atoms with Crippen LogP contribution in [0.3, 0.4) is 0 Å². The van der Waals surface area contributed by atoms with Crippen LogP contribution < -0.4 is 10.6 Å². The summed E-state index contributed by atoms with van der Waals surface area (Å²) in [5.41, 5.74) is 0. The minimum absolute atomic E-state index is 0.00785. The van der Waals surface area contributed by atoms with E-state index < -0.39 is 6.04 Å². The molecule has 2 atom stereocenters. The lowest BCUT2D eigenvalue weighted by Gasteiger charge is -2.36. The quantitative estimate of drug-likeness (QED) is 0.425. The Labute approximate surface area is 130 Å². The third-order valence-corrected chi connectivity index (χ3v) is 3.64. The van der Waals surface area contributed by atoms with Gasteiger partial charge in [0.25, 0.3) is 0 Å². The summed E-state index contributed by atoms with van der Waals surface area (Å²) in [5, 5.41) is 6.18. The molecule has 1 aliphatic rings. The van der Waals surface area contributed by atoms with Crippen molar-refractivity contribution in [2.45, 2.75) is 38.8 Å². The first kappa shape index (κ1) is 17.4. The van der Waals surface area contributed by atoms with Crippen molar-refractivity contribution >= 4 is 29.2 Å². The van der Waals surface area contributed by atoms with Crippen molar-refractivity contribution < 1.29 is 14.3 Å². The molecular weight excluding hydrogens is 290 g/mol. The topological polar surface area (TPSA) is 70.7 Å². The molecule has 1 rings (SSSR count). The van der Waals surface area contributed by atoms with E-state index in [0.29, 0.717) is 24.7 Å². The Morgan fingerprint density at radius 1 is 1.71 bits per heavy atom. The lowest BCUT2D eigenvalue weighted by Crippen LogP contribution is -2.60. The largest absolute Gasteiger partial charge is 0.463 e. The van der Waals surface area contributed by atoms with Crippen LogP contribution in [0.4, 0.5) is 0 Å². The van der Waals surface area contributed by atoms with Crippen LogP contribution in [0, 0.1) is 0 Å². The maximum Gasteiger partial charge on any atom is 0.308 e. The summed E-state index contributed by atoms with van der Waals surface area (Å²) >= 11 is 5.27. The fraction of sp³-hybridized carbons (Fsp3) is 0.643. The lowest BCUT2D eigenvalue weighted by atomic mass is 10.1. The van der Waals surface area contributed by atoms with Gasteiger partial charge in [0.05, 0.1) is 12.5 Å². The van der Waals surface area contributed by atoms with Crippen LogP contribution in [-0.2, 0) is 14.3 Å². The zero-order valence-electron chi connectivity index (χ0n) is 12.6. The molecule has 0 saturated carbocycles.